The minimum Gasteiger partial charge on any atom is -0.342 e. The fourth-order valence-electron chi connectivity index (χ4n) is 2.00. The van der Waals surface area contributed by atoms with E-state index >= 15 is 0 Å². The molecule has 1 rings (SSSR count). The van der Waals surface area contributed by atoms with E-state index in [1.54, 1.807) is 11.8 Å². The van der Waals surface area contributed by atoms with Crippen LogP contribution in [0.3, 0.4) is 0 Å². The molecule has 1 aliphatic carbocycles. The number of hydrogen-bond donors (Lipinski definition) is 0. The molecule has 0 bridgehead atoms. The summed E-state index contributed by atoms with van der Waals surface area (Å²) in [6, 6.07) is 0.496. The molecule has 3 heteroatoms. The molecule has 86 valence electrons. The number of amides is 1. The Balaban J connectivity index is 2.27. The van der Waals surface area contributed by atoms with Gasteiger partial charge in [0.05, 0.1) is 5.75 Å². The second-order valence-electron chi connectivity index (χ2n) is 4.10. The molecule has 0 radical (unpaired) electrons. The van der Waals surface area contributed by atoms with E-state index in [1.807, 2.05) is 18.0 Å². The van der Waals surface area contributed by atoms with E-state index in [0.29, 0.717) is 11.8 Å². The third-order valence-corrected chi connectivity index (χ3v) is 3.90. The summed E-state index contributed by atoms with van der Waals surface area (Å²) < 4.78 is 0. The first kappa shape index (κ1) is 12.6. The maximum atomic E-state index is 11.8. The van der Waals surface area contributed by atoms with Crippen LogP contribution >= 0.6 is 11.8 Å². The SMILES string of the molecule is C=CCSCC(=O)N(C)C1CCCCC1. The first-order chi connectivity index (χ1) is 7.25. The van der Waals surface area contributed by atoms with Crippen molar-refractivity contribution in [3.8, 4) is 0 Å². The molecule has 0 aliphatic heterocycles. The first-order valence-electron chi connectivity index (χ1n) is 5.70. The highest BCUT2D eigenvalue weighted by Gasteiger charge is 2.21. The lowest BCUT2D eigenvalue weighted by molar-refractivity contribution is -0.129. The van der Waals surface area contributed by atoms with E-state index in [-0.39, 0.29) is 5.91 Å². The fourth-order valence-corrected chi connectivity index (χ4v) is 2.67. The van der Waals surface area contributed by atoms with Crippen LogP contribution in [0.4, 0.5) is 0 Å². The van der Waals surface area contributed by atoms with Crippen LogP contribution in [0.1, 0.15) is 32.1 Å². The summed E-state index contributed by atoms with van der Waals surface area (Å²) in [4.78, 5) is 13.7. The summed E-state index contributed by atoms with van der Waals surface area (Å²) in [5.41, 5.74) is 0. The Kier molecular flexibility index (Phi) is 5.84. The van der Waals surface area contributed by atoms with Gasteiger partial charge < -0.3 is 4.90 Å². The van der Waals surface area contributed by atoms with Crippen molar-refractivity contribution < 1.29 is 4.79 Å². The van der Waals surface area contributed by atoms with Crippen LogP contribution in [0.2, 0.25) is 0 Å². The van der Waals surface area contributed by atoms with Gasteiger partial charge in [0, 0.05) is 18.8 Å². The van der Waals surface area contributed by atoms with Crippen LogP contribution in [0, 0.1) is 0 Å². The zero-order valence-electron chi connectivity index (χ0n) is 9.58. The maximum Gasteiger partial charge on any atom is 0.232 e. The molecule has 15 heavy (non-hydrogen) atoms. The fraction of sp³-hybridized carbons (Fsp3) is 0.750. The van der Waals surface area contributed by atoms with Crippen molar-refractivity contribution in [1.29, 1.82) is 0 Å². The van der Waals surface area contributed by atoms with Crippen molar-refractivity contribution in [1.82, 2.24) is 4.90 Å². The Bertz CT molecular complexity index is 212. The Morgan fingerprint density at radius 3 is 2.73 bits per heavy atom. The van der Waals surface area contributed by atoms with Gasteiger partial charge in [0.2, 0.25) is 5.91 Å². The van der Waals surface area contributed by atoms with Crippen molar-refractivity contribution in [2.45, 2.75) is 38.1 Å². The Morgan fingerprint density at radius 1 is 1.47 bits per heavy atom. The van der Waals surface area contributed by atoms with Gasteiger partial charge >= 0.3 is 0 Å². The van der Waals surface area contributed by atoms with Crippen molar-refractivity contribution in [3.63, 3.8) is 0 Å². The number of carbonyl (C=O) groups excluding carboxylic acids is 1. The highest BCUT2D eigenvalue weighted by Crippen LogP contribution is 2.22. The van der Waals surface area contributed by atoms with Gasteiger partial charge in [-0.15, -0.1) is 18.3 Å². The molecule has 0 atom stereocenters. The molecule has 0 heterocycles. The van der Waals surface area contributed by atoms with Crippen molar-refractivity contribution in [2.75, 3.05) is 18.6 Å². The lowest BCUT2D eigenvalue weighted by atomic mass is 9.94. The maximum absolute atomic E-state index is 11.8. The third-order valence-electron chi connectivity index (χ3n) is 2.98. The average Bonchev–Trinajstić information content (AvgIpc) is 2.29. The van der Waals surface area contributed by atoms with Gasteiger partial charge in [-0.05, 0) is 12.8 Å². The summed E-state index contributed by atoms with van der Waals surface area (Å²) in [5, 5.41) is 0. The highest BCUT2D eigenvalue weighted by molar-refractivity contribution is 8.00. The van der Waals surface area contributed by atoms with Gasteiger partial charge in [0.25, 0.3) is 0 Å². The van der Waals surface area contributed by atoms with Gasteiger partial charge in [0.15, 0.2) is 0 Å². The second kappa shape index (κ2) is 6.94. The largest absolute Gasteiger partial charge is 0.342 e. The van der Waals surface area contributed by atoms with Gasteiger partial charge in [0.1, 0.15) is 0 Å². The van der Waals surface area contributed by atoms with Crippen LogP contribution < -0.4 is 0 Å². The number of thioether (sulfide) groups is 1. The standard InChI is InChI=1S/C12H21NOS/c1-3-9-15-10-12(14)13(2)11-7-5-4-6-8-11/h3,11H,1,4-10H2,2H3. The molecule has 1 saturated carbocycles. The Morgan fingerprint density at radius 2 is 2.13 bits per heavy atom. The zero-order valence-corrected chi connectivity index (χ0v) is 10.4. The van der Waals surface area contributed by atoms with E-state index in [1.165, 1.54) is 32.1 Å². The van der Waals surface area contributed by atoms with Gasteiger partial charge in [-0.25, -0.2) is 0 Å². The number of rotatable bonds is 5. The predicted octanol–water partition coefficient (Wildman–Crippen LogP) is 2.70. The molecule has 0 saturated heterocycles. The van der Waals surface area contributed by atoms with Gasteiger partial charge in [-0.3, -0.25) is 4.79 Å². The summed E-state index contributed by atoms with van der Waals surface area (Å²) in [6.07, 6.45) is 8.12. The molecule has 0 aromatic heterocycles. The van der Waals surface area contributed by atoms with E-state index in [0.717, 1.165) is 5.75 Å². The Hall–Kier alpha value is -0.440. The monoisotopic (exact) mass is 227 g/mol. The van der Waals surface area contributed by atoms with Crippen molar-refractivity contribution >= 4 is 17.7 Å². The molecule has 0 unspecified atom stereocenters. The predicted molar refractivity (Wildman–Crippen MR) is 67.2 cm³/mol. The molecule has 2 nitrogen and oxygen atoms in total. The topological polar surface area (TPSA) is 20.3 Å². The van der Waals surface area contributed by atoms with E-state index in [9.17, 15) is 4.79 Å². The minimum atomic E-state index is 0.272. The van der Waals surface area contributed by atoms with Gasteiger partial charge in [-0.2, -0.15) is 0 Å². The molecule has 0 aromatic rings. The molecule has 0 N–H and O–H groups in total. The number of carbonyl (C=O) groups is 1. The van der Waals surface area contributed by atoms with Crippen molar-refractivity contribution in [3.05, 3.63) is 12.7 Å². The lowest BCUT2D eigenvalue weighted by Crippen LogP contribution is -2.39. The molecule has 1 fully saturated rings. The Labute approximate surface area is 97.1 Å². The average molecular weight is 227 g/mol. The summed E-state index contributed by atoms with van der Waals surface area (Å²) in [7, 11) is 1.95. The third kappa shape index (κ3) is 4.29. The van der Waals surface area contributed by atoms with Crippen LogP contribution in [0.25, 0.3) is 0 Å². The molecular formula is C12H21NOS. The summed E-state index contributed by atoms with van der Waals surface area (Å²) in [6.45, 7) is 3.65. The molecule has 1 aliphatic rings. The normalized spacial score (nSPS) is 17.4. The summed E-state index contributed by atoms with van der Waals surface area (Å²) in [5.74, 6) is 1.73. The zero-order chi connectivity index (χ0) is 11.1. The smallest absolute Gasteiger partial charge is 0.232 e. The summed E-state index contributed by atoms with van der Waals surface area (Å²) >= 11 is 1.64. The number of nitrogens with zero attached hydrogens (tertiary/aromatic N) is 1. The van der Waals surface area contributed by atoms with Gasteiger partial charge in [-0.1, -0.05) is 25.3 Å². The van der Waals surface area contributed by atoms with Crippen LogP contribution in [-0.4, -0.2) is 35.4 Å². The first-order valence-corrected chi connectivity index (χ1v) is 6.85. The van der Waals surface area contributed by atoms with E-state index in [4.69, 9.17) is 0 Å². The molecule has 0 aromatic carbocycles. The minimum absolute atomic E-state index is 0.272. The van der Waals surface area contributed by atoms with Crippen LogP contribution in [0.5, 0.6) is 0 Å². The lowest BCUT2D eigenvalue weighted by Gasteiger charge is -2.31. The highest BCUT2D eigenvalue weighted by atomic mass is 32.2. The molecule has 0 spiro atoms. The quantitative estimate of drug-likeness (QED) is 0.531. The van der Waals surface area contributed by atoms with Crippen molar-refractivity contribution in [2.24, 2.45) is 0 Å². The van der Waals surface area contributed by atoms with E-state index < -0.39 is 0 Å². The number of hydrogen-bond acceptors (Lipinski definition) is 2. The van der Waals surface area contributed by atoms with Crippen LogP contribution in [0.15, 0.2) is 12.7 Å². The molecular weight excluding hydrogens is 206 g/mol. The van der Waals surface area contributed by atoms with Crippen LogP contribution in [-0.2, 0) is 4.79 Å². The molecule has 1 amide bonds. The van der Waals surface area contributed by atoms with E-state index in [2.05, 4.69) is 6.58 Å². The second-order valence-corrected chi connectivity index (χ2v) is 5.13.